The first kappa shape index (κ1) is 12.3. The minimum absolute atomic E-state index is 0.529. The largest absolute Gasteiger partial charge is 0.326 e. The van der Waals surface area contributed by atoms with Crippen molar-refractivity contribution in [2.75, 3.05) is 0 Å². The van der Waals surface area contributed by atoms with E-state index in [1.54, 1.807) is 0 Å². The highest BCUT2D eigenvalue weighted by atomic mass is 79.9. The lowest BCUT2D eigenvalue weighted by Gasteiger charge is -2.08. The summed E-state index contributed by atoms with van der Waals surface area (Å²) in [5.74, 6) is 0. The van der Waals surface area contributed by atoms with E-state index >= 15 is 0 Å². The Morgan fingerprint density at radius 1 is 1.29 bits per heavy atom. The van der Waals surface area contributed by atoms with Crippen LogP contribution in [0.25, 0.3) is 5.69 Å². The Morgan fingerprint density at radius 2 is 2.00 bits per heavy atom. The summed E-state index contributed by atoms with van der Waals surface area (Å²) in [7, 11) is 0. The normalized spacial score (nSPS) is 10.9. The van der Waals surface area contributed by atoms with E-state index < -0.39 is 0 Å². The summed E-state index contributed by atoms with van der Waals surface area (Å²) in [5, 5.41) is 4.55. The van der Waals surface area contributed by atoms with Crippen molar-refractivity contribution < 1.29 is 0 Å². The van der Waals surface area contributed by atoms with Gasteiger partial charge in [0.15, 0.2) is 0 Å². The number of aryl methyl sites for hydroxylation is 2. The summed E-state index contributed by atoms with van der Waals surface area (Å²) in [4.78, 5) is 0. The number of nitrogens with zero attached hydrogens (tertiary/aromatic N) is 2. The average molecular weight is 294 g/mol. The van der Waals surface area contributed by atoms with Gasteiger partial charge < -0.3 is 5.73 Å². The summed E-state index contributed by atoms with van der Waals surface area (Å²) >= 11 is 3.58. The predicted molar refractivity (Wildman–Crippen MR) is 73.4 cm³/mol. The zero-order valence-corrected chi connectivity index (χ0v) is 11.9. The highest BCUT2D eigenvalue weighted by Crippen LogP contribution is 2.25. The molecule has 1 aromatic carbocycles. The van der Waals surface area contributed by atoms with Crippen molar-refractivity contribution in [3.8, 4) is 5.69 Å². The number of hydrogen-bond acceptors (Lipinski definition) is 2. The van der Waals surface area contributed by atoms with Crippen molar-refractivity contribution in [2.45, 2.75) is 27.3 Å². The predicted octanol–water partition coefficient (Wildman–Crippen LogP) is 3.02. The topological polar surface area (TPSA) is 43.8 Å². The van der Waals surface area contributed by atoms with Crippen LogP contribution in [0.3, 0.4) is 0 Å². The molecule has 0 unspecified atom stereocenters. The molecule has 0 saturated heterocycles. The first-order valence-electron chi connectivity index (χ1n) is 5.56. The van der Waals surface area contributed by atoms with Crippen LogP contribution < -0.4 is 5.73 Å². The maximum absolute atomic E-state index is 5.74. The van der Waals surface area contributed by atoms with E-state index in [1.807, 2.05) is 11.6 Å². The van der Waals surface area contributed by atoms with Crippen LogP contribution in [-0.4, -0.2) is 9.78 Å². The second kappa shape index (κ2) is 4.63. The average Bonchev–Trinajstić information content (AvgIpc) is 2.54. The third-order valence-electron chi connectivity index (χ3n) is 2.98. The molecule has 0 saturated carbocycles. The molecule has 0 aliphatic heterocycles. The van der Waals surface area contributed by atoms with Gasteiger partial charge in [0.1, 0.15) is 0 Å². The minimum Gasteiger partial charge on any atom is -0.326 e. The van der Waals surface area contributed by atoms with Gasteiger partial charge in [-0.25, -0.2) is 4.68 Å². The lowest BCUT2D eigenvalue weighted by Crippen LogP contribution is -2.02. The van der Waals surface area contributed by atoms with Gasteiger partial charge in [0.25, 0.3) is 0 Å². The van der Waals surface area contributed by atoms with Crippen LogP contribution in [-0.2, 0) is 6.54 Å². The van der Waals surface area contributed by atoms with Crippen molar-refractivity contribution in [3.63, 3.8) is 0 Å². The Hall–Kier alpha value is -1.13. The van der Waals surface area contributed by atoms with Crippen LogP contribution in [0.4, 0.5) is 0 Å². The van der Waals surface area contributed by atoms with Gasteiger partial charge in [0.2, 0.25) is 0 Å². The molecule has 17 heavy (non-hydrogen) atoms. The molecule has 3 nitrogen and oxygen atoms in total. The van der Waals surface area contributed by atoms with Crippen molar-refractivity contribution in [1.82, 2.24) is 9.78 Å². The highest BCUT2D eigenvalue weighted by Gasteiger charge is 2.13. The summed E-state index contributed by atoms with van der Waals surface area (Å²) in [6.07, 6.45) is 0. The maximum atomic E-state index is 5.74. The molecule has 0 fully saturated rings. The Labute approximate surface area is 110 Å². The van der Waals surface area contributed by atoms with E-state index in [0.717, 1.165) is 27.1 Å². The van der Waals surface area contributed by atoms with E-state index in [1.165, 1.54) is 5.56 Å². The number of hydrogen-bond donors (Lipinski definition) is 1. The van der Waals surface area contributed by atoms with E-state index in [0.29, 0.717) is 6.54 Å². The van der Waals surface area contributed by atoms with Crippen LogP contribution in [0.1, 0.15) is 22.5 Å². The summed E-state index contributed by atoms with van der Waals surface area (Å²) in [5.41, 5.74) is 11.2. The molecule has 0 aliphatic rings. The molecule has 90 valence electrons. The molecule has 0 spiro atoms. The number of rotatable bonds is 2. The molecule has 2 aromatic rings. The van der Waals surface area contributed by atoms with Crippen molar-refractivity contribution in [2.24, 2.45) is 5.73 Å². The fourth-order valence-corrected chi connectivity index (χ4v) is 2.65. The van der Waals surface area contributed by atoms with Gasteiger partial charge in [0, 0.05) is 22.3 Å². The number of aromatic nitrogens is 2. The third kappa shape index (κ3) is 2.15. The molecule has 4 heteroatoms. The second-order valence-electron chi connectivity index (χ2n) is 4.22. The zero-order valence-electron chi connectivity index (χ0n) is 10.3. The monoisotopic (exact) mass is 293 g/mol. The van der Waals surface area contributed by atoms with Crippen LogP contribution in [0.5, 0.6) is 0 Å². The molecular formula is C13H16BrN3. The summed E-state index contributed by atoms with van der Waals surface area (Å²) in [6.45, 7) is 6.64. The molecule has 0 radical (unpaired) electrons. The molecule has 0 amide bonds. The lowest BCUT2D eigenvalue weighted by atomic mass is 10.2. The number of halogens is 1. The molecule has 0 aliphatic carbocycles. The lowest BCUT2D eigenvalue weighted by molar-refractivity contribution is 0.828. The van der Waals surface area contributed by atoms with E-state index in [-0.39, 0.29) is 0 Å². The molecule has 1 aromatic heterocycles. The standard InChI is InChI=1S/C13H16BrN3/c1-8-4-5-13(12(14)6-8)17-10(3)11(7-15)9(2)16-17/h4-6H,7,15H2,1-3H3. The minimum atomic E-state index is 0.529. The fourth-order valence-electron chi connectivity index (χ4n) is 1.99. The van der Waals surface area contributed by atoms with Gasteiger partial charge in [-0.05, 0) is 54.4 Å². The maximum Gasteiger partial charge on any atom is 0.0791 e. The quantitative estimate of drug-likeness (QED) is 0.925. The SMILES string of the molecule is Cc1ccc(-n2nc(C)c(CN)c2C)c(Br)c1. The Morgan fingerprint density at radius 3 is 2.53 bits per heavy atom. The molecule has 2 rings (SSSR count). The smallest absolute Gasteiger partial charge is 0.0791 e. The third-order valence-corrected chi connectivity index (χ3v) is 3.61. The van der Waals surface area contributed by atoms with E-state index in [4.69, 9.17) is 5.73 Å². The molecule has 2 N–H and O–H groups in total. The van der Waals surface area contributed by atoms with Gasteiger partial charge in [-0.2, -0.15) is 5.10 Å². The first-order chi connectivity index (χ1) is 8.04. The first-order valence-corrected chi connectivity index (χ1v) is 6.35. The molecule has 0 atom stereocenters. The number of benzene rings is 1. The summed E-state index contributed by atoms with van der Waals surface area (Å²) in [6, 6.07) is 6.24. The Kier molecular flexibility index (Phi) is 3.35. The second-order valence-corrected chi connectivity index (χ2v) is 5.07. The van der Waals surface area contributed by atoms with Crippen LogP contribution >= 0.6 is 15.9 Å². The Bertz CT molecular complexity index is 558. The van der Waals surface area contributed by atoms with Gasteiger partial charge in [-0.3, -0.25) is 0 Å². The van der Waals surface area contributed by atoms with Gasteiger partial charge in [0.05, 0.1) is 11.4 Å². The summed E-state index contributed by atoms with van der Waals surface area (Å²) < 4.78 is 2.99. The molecule has 0 bridgehead atoms. The van der Waals surface area contributed by atoms with Gasteiger partial charge in [-0.15, -0.1) is 0 Å². The van der Waals surface area contributed by atoms with E-state index in [2.05, 4.69) is 53.1 Å². The highest BCUT2D eigenvalue weighted by molar-refractivity contribution is 9.10. The fraction of sp³-hybridized carbons (Fsp3) is 0.308. The Balaban J connectivity index is 2.61. The van der Waals surface area contributed by atoms with Crippen LogP contribution in [0.2, 0.25) is 0 Å². The van der Waals surface area contributed by atoms with Crippen LogP contribution in [0, 0.1) is 20.8 Å². The van der Waals surface area contributed by atoms with Gasteiger partial charge in [-0.1, -0.05) is 6.07 Å². The van der Waals surface area contributed by atoms with E-state index in [9.17, 15) is 0 Å². The van der Waals surface area contributed by atoms with Crippen LogP contribution in [0.15, 0.2) is 22.7 Å². The van der Waals surface area contributed by atoms with Crippen molar-refractivity contribution in [3.05, 3.63) is 45.2 Å². The van der Waals surface area contributed by atoms with Crippen molar-refractivity contribution >= 4 is 15.9 Å². The molecular weight excluding hydrogens is 278 g/mol. The van der Waals surface area contributed by atoms with Gasteiger partial charge >= 0.3 is 0 Å². The molecule has 1 heterocycles. The zero-order chi connectivity index (χ0) is 12.6. The number of nitrogens with two attached hydrogens (primary N) is 1. The van der Waals surface area contributed by atoms with Crippen molar-refractivity contribution in [1.29, 1.82) is 0 Å².